The van der Waals surface area contributed by atoms with Crippen LogP contribution in [-0.2, 0) is 0 Å². The fraction of sp³-hybridized carbons (Fsp3) is 0.364. The first kappa shape index (κ1) is 9.78. The number of hydrogen-bond acceptors (Lipinski definition) is 3. The number of rotatable bonds is 2. The predicted molar refractivity (Wildman–Crippen MR) is 60.9 cm³/mol. The maximum absolute atomic E-state index is 5.99. The Bertz CT molecular complexity index is 531. The second kappa shape index (κ2) is 3.56. The Kier molecular flexibility index (Phi) is 2.17. The minimum absolute atomic E-state index is 0.486. The highest BCUT2D eigenvalue weighted by Gasteiger charge is 2.27. The third-order valence-corrected chi connectivity index (χ3v) is 2.79. The summed E-state index contributed by atoms with van der Waals surface area (Å²) in [5.74, 6) is 2.08. The summed E-state index contributed by atoms with van der Waals surface area (Å²) in [7, 11) is 0. The van der Waals surface area contributed by atoms with Crippen molar-refractivity contribution in [3.05, 3.63) is 35.0 Å². The van der Waals surface area contributed by atoms with E-state index in [1.807, 2.05) is 19.2 Å². The summed E-state index contributed by atoms with van der Waals surface area (Å²) >= 11 is 5.99. The van der Waals surface area contributed by atoms with Gasteiger partial charge in [0.25, 0.3) is 0 Å². The third kappa shape index (κ3) is 1.80. The third-order valence-electron chi connectivity index (χ3n) is 2.60. The van der Waals surface area contributed by atoms with Crippen LogP contribution in [0.2, 0.25) is 5.15 Å². The van der Waals surface area contributed by atoms with E-state index in [1.54, 1.807) is 10.7 Å². The van der Waals surface area contributed by atoms with Crippen LogP contribution in [0.25, 0.3) is 5.82 Å². The van der Waals surface area contributed by atoms with Gasteiger partial charge in [-0.15, -0.1) is 0 Å². The van der Waals surface area contributed by atoms with Crippen molar-refractivity contribution < 1.29 is 0 Å². The molecule has 1 saturated carbocycles. The van der Waals surface area contributed by atoms with Gasteiger partial charge in [0.05, 0.1) is 5.69 Å². The van der Waals surface area contributed by atoms with Crippen LogP contribution in [0.15, 0.2) is 18.3 Å². The van der Waals surface area contributed by atoms with Crippen molar-refractivity contribution >= 4 is 11.6 Å². The van der Waals surface area contributed by atoms with E-state index in [2.05, 4.69) is 15.1 Å². The van der Waals surface area contributed by atoms with Gasteiger partial charge in [-0.2, -0.15) is 5.10 Å². The first-order valence-electron chi connectivity index (χ1n) is 5.29. The zero-order chi connectivity index (χ0) is 11.1. The molecule has 0 aliphatic heterocycles. The molecule has 0 N–H and O–H groups in total. The Morgan fingerprint density at radius 3 is 2.81 bits per heavy atom. The molecule has 2 heterocycles. The van der Waals surface area contributed by atoms with Gasteiger partial charge in [0.1, 0.15) is 11.0 Å². The zero-order valence-corrected chi connectivity index (χ0v) is 9.65. The van der Waals surface area contributed by atoms with E-state index in [0.29, 0.717) is 11.1 Å². The number of halogens is 1. The molecular weight excluding hydrogens is 224 g/mol. The zero-order valence-electron chi connectivity index (χ0n) is 8.89. The maximum atomic E-state index is 5.99. The summed E-state index contributed by atoms with van der Waals surface area (Å²) in [4.78, 5) is 8.73. The lowest BCUT2D eigenvalue weighted by Gasteiger charge is -2.03. The Balaban J connectivity index is 2.06. The largest absolute Gasteiger partial charge is 0.222 e. The van der Waals surface area contributed by atoms with Crippen molar-refractivity contribution in [1.29, 1.82) is 0 Å². The average molecular weight is 235 g/mol. The van der Waals surface area contributed by atoms with Crippen LogP contribution in [0.1, 0.15) is 30.3 Å². The van der Waals surface area contributed by atoms with Crippen LogP contribution < -0.4 is 0 Å². The Hall–Kier alpha value is -1.42. The monoisotopic (exact) mass is 234 g/mol. The number of aromatic nitrogens is 4. The van der Waals surface area contributed by atoms with Crippen molar-refractivity contribution in [2.45, 2.75) is 25.7 Å². The quantitative estimate of drug-likeness (QED) is 0.750. The minimum Gasteiger partial charge on any atom is -0.222 e. The molecule has 5 heteroatoms. The van der Waals surface area contributed by atoms with Crippen LogP contribution in [0.3, 0.4) is 0 Å². The van der Waals surface area contributed by atoms with Crippen molar-refractivity contribution in [3.8, 4) is 5.82 Å². The van der Waals surface area contributed by atoms with Crippen LogP contribution >= 0.6 is 11.6 Å². The summed E-state index contributed by atoms with van der Waals surface area (Å²) < 4.78 is 1.73. The van der Waals surface area contributed by atoms with Gasteiger partial charge in [-0.25, -0.2) is 14.6 Å². The average Bonchev–Trinajstić information content (AvgIpc) is 3.01. The highest BCUT2D eigenvalue weighted by molar-refractivity contribution is 6.29. The molecule has 0 amide bonds. The van der Waals surface area contributed by atoms with E-state index in [4.69, 9.17) is 11.6 Å². The Labute approximate surface area is 98.3 Å². The van der Waals surface area contributed by atoms with Gasteiger partial charge in [0.15, 0.2) is 5.82 Å². The van der Waals surface area contributed by atoms with Gasteiger partial charge in [-0.1, -0.05) is 11.6 Å². The van der Waals surface area contributed by atoms with E-state index in [9.17, 15) is 0 Å². The highest BCUT2D eigenvalue weighted by atomic mass is 35.5. The summed E-state index contributed by atoms with van der Waals surface area (Å²) in [5, 5.41) is 4.80. The molecule has 0 atom stereocenters. The molecule has 2 aromatic rings. The molecule has 4 nitrogen and oxygen atoms in total. The lowest BCUT2D eigenvalue weighted by Crippen LogP contribution is -2.03. The number of hydrogen-bond donors (Lipinski definition) is 0. The summed E-state index contributed by atoms with van der Waals surface area (Å²) in [5.41, 5.74) is 0.961. The number of nitrogens with zero attached hydrogens (tertiary/aromatic N) is 4. The Morgan fingerprint density at radius 1 is 1.38 bits per heavy atom. The van der Waals surface area contributed by atoms with Crippen LogP contribution in [-0.4, -0.2) is 19.7 Å². The molecule has 0 saturated heterocycles. The molecule has 16 heavy (non-hydrogen) atoms. The smallest absolute Gasteiger partial charge is 0.158 e. The second-order valence-electron chi connectivity index (χ2n) is 4.08. The molecular formula is C11H11ClN4. The molecule has 0 unspecified atom stereocenters. The summed E-state index contributed by atoms with van der Waals surface area (Å²) in [6, 6.07) is 3.67. The van der Waals surface area contributed by atoms with Crippen molar-refractivity contribution in [2.75, 3.05) is 0 Å². The standard InChI is InChI=1S/C11H11ClN4/c1-7-4-5-16(15-7)10-6-9(12)13-11(14-10)8-2-3-8/h4-6,8H,2-3H2,1H3. The fourth-order valence-electron chi connectivity index (χ4n) is 1.61. The molecule has 82 valence electrons. The molecule has 0 radical (unpaired) electrons. The van der Waals surface area contributed by atoms with E-state index in [1.165, 1.54) is 0 Å². The first-order chi connectivity index (χ1) is 7.72. The van der Waals surface area contributed by atoms with E-state index in [0.717, 1.165) is 30.2 Å². The van der Waals surface area contributed by atoms with E-state index in [-0.39, 0.29) is 0 Å². The normalized spacial score (nSPS) is 15.4. The van der Waals surface area contributed by atoms with Gasteiger partial charge in [-0.05, 0) is 25.8 Å². The highest BCUT2D eigenvalue weighted by Crippen LogP contribution is 2.38. The Morgan fingerprint density at radius 2 is 2.19 bits per heavy atom. The SMILES string of the molecule is Cc1ccn(-c2cc(Cl)nc(C3CC3)n2)n1. The van der Waals surface area contributed by atoms with Crippen molar-refractivity contribution in [2.24, 2.45) is 0 Å². The topological polar surface area (TPSA) is 43.6 Å². The van der Waals surface area contributed by atoms with Crippen LogP contribution in [0.5, 0.6) is 0 Å². The molecule has 0 bridgehead atoms. The van der Waals surface area contributed by atoms with Crippen LogP contribution in [0, 0.1) is 6.92 Å². The lowest BCUT2D eigenvalue weighted by atomic mass is 10.4. The maximum Gasteiger partial charge on any atom is 0.158 e. The van der Waals surface area contributed by atoms with Crippen LogP contribution in [0.4, 0.5) is 0 Å². The van der Waals surface area contributed by atoms with Gasteiger partial charge in [0, 0.05) is 18.2 Å². The molecule has 1 aliphatic rings. The second-order valence-corrected chi connectivity index (χ2v) is 4.47. The van der Waals surface area contributed by atoms with Crippen molar-refractivity contribution in [3.63, 3.8) is 0 Å². The summed E-state index contributed by atoms with van der Waals surface area (Å²) in [6.45, 7) is 1.95. The van der Waals surface area contributed by atoms with E-state index < -0.39 is 0 Å². The van der Waals surface area contributed by atoms with Gasteiger partial charge >= 0.3 is 0 Å². The molecule has 3 rings (SSSR count). The van der Waals surface area contributed by atoms with Crippen molar-refractivity contribution in [1.82, 2.24) is 19.7 Å². The fourth-order valence-corrected chi connectivity index (χ4v) is 1.79. The van der Waals surface area contributed by atoms with Gasteiger partial charge in [-0.3, -0.25) is 0 Å². The molecule has 1 fully saturated rings. The van der Waals surface area contributed by atoms with E-state index >= 15 is 0 Å². The summed E-state index contributed by atoms with van der Waals surface area (Å²) in [6.07, 6.45) is 4.21. The van der Waals surface area contributed by atoms with Gasteiger partial charge < -0.3 is 0 Å². The molecule has 1 aliphatic carbocycles. The molecule has 0 aromatic carbocycles. The predicted octanol–water partition coefficient (Wildman–Crippen LogP) is 2.50. The molecule has 0 spiro atoms. The molecule has 2 aromatic heterocycles. The minimum atomic E-state index is 0.486. The number of aryl methyl sites for hydroxylation is 1. The lowest BCUT2D eigenvalue weighted by molar-refractivity contribution is 0.800. The first-order valence-corrected chi connectivity index (χ1v) is 5.67. The van der Waals surface area contributed by atoms with Gasteiger partial charge in [0.2, 0.25) is 0 Å².